The van der Waals surface area contributed by atoms with Gasteiger partial charge in [0.05, 0.1) is 18.4 Å². The largest absolute Gasteiger partial charge is 0.362 e. The smallest absolute Gasteiger partial charge is 0.199 e. The van der Waals surface area contributed by atoms with Crippen molar-refractivity contribution in [2.45, 2.75) is 13.0 Å². The molecule has 1 N–H and O–H groups in total. The van der Waals surface area contributed by atoms with Gasteiger partial charge in [-0.25, -0.2) is 0 Å². The average Bonchev–Trinajstić information content (AvgIpc) is 3.00. The third kappa shape index (κ3) is 1.84. The zero-order valence-electron chi connectivity index (χ0n) is 9.11. The second-order valence-electron chi connectivity index (χ2n) is 3.66. The normalized spacial score (nSPS) is 12.8. The van der Waals surface area contributed by atoms with Crippen LogP contribution in [0.15, 0.2) is 29.2 Å². The predicted molar refractivity (Wildman–Crippen MR) is 64.9 cm³/mol. The van der Waals surface area contributed by atoms with Crippen LogP contribution in [0.3, 0.4) is 0 Å². The highest BCUT2D eigenvalue weighted by molar-refractivity contribution is 7.07. The van der Waals surface area contributed by atoms with Crippen molar-refractivity contribution >= 4 is 22.8 Å². The van der Waals surface area contributed by atoms with Gasteiger partial charge in [0.15, 0.2) is 11.5 Å². The average molecular weight is 246 g/mol. The van der Waals surface area contributed by atoms with Crippen LogP contribution in [0, 0.1) is 0 Å². The van der Waals surface area contributed by atoms with Gasteiger partial charge in [-0.15, -0.1) is 5.10 Å². The van der Waals surface area contributed by atoms with Crippen molar-refractivity contribution in [2.75, 3.05) is 5.32 Å². The van der Waals surface area contributed by atoms with E-state index in [4.69, 9.17) is 0 Å². The summed E-state index contributed by atoms with van der Waals surface area (Å²) < 4.78 is 1.63. The molecule has 0 saturated heterocycles. The van der Waals surface area contributed by atoms with Gasteiger partial charge >= 0.3 is 0 Å². The first-order chi connectivity index (χ1) is 8.34. The van der Waals surface area contributed by atoms with Gasteiger partial charge < -0.3 is 5.32 Å². The van der Waals surface area contributed by atoms with Crippen molar-refractivity contribution in [3.63, 3.8) is 0 Å². The molecule has 0 spiro atoms. The minimum atomic E-state index is 0.192. The third-order valence-electron chi connectivity index (χ3n) is 2.52. The summed E-state index contributed by atoms with van der Waals surface area (Å²) in [7, 11) is 0. The third-order valence-corrected chi connectivity index (χ3v) is 3.22. The summed E-state index contributed by atoms with van der Waals surface area (Å²) in [6.45, 7) is 2.09. The number of thiophene rings is 1. The Labute approximate surface area is 101 Å². The van der Waals surface area contributed by atoms with E-state index in [9.17, 15) is 0 Å². The van der Waals surface area contributed by atoms with E-state index in [1.165, 1.54) is 5.56 Å². The number of nitrogens with zero attached hydrogens (tertiary/aromatic N) is 5. The Morgan fingerprint density at radius 3 is 3.18 bits per heavy atom. The van der Waals surface area contributed by atoms with Crippen molar-refractivity contribution in [3.05, 3.63) is 34.8 Å². The summed E-state index contributed by atoms with van der Waals surface area (Å²) >= 11 is 1.68. The van der Waals surface area contributed by atoms with Gasteiger partial charge in [-0.05, 0) is 39.7 Å². The van der Waals surface area contributed by atoms with Crippen LogP contribution < -0.4 is 5.32 Å². The van der Waals surface area contributed by atoms with E-state index in [2.05, 4.69) is 49.6 Å². The van der Waals surface area contributed by atoms with Gasteiger partial charge in [0.2, 0.25) is 0 Å². The highest BCUT2D eigenvalue weighted by Crippen LogP contribution is 2.20. The fourth-order valence-corrected chi connectivity index (χ4v) is 2.35. The zero-order valence-corrected chi connectivity index (χ0v) is 9.92. The molecule has 3 aromatic heterocycles. The molecule has 1 unspecified atom stereocenters. The van der Waals surface area contributed by atoms with E-state index >= 15 is 0 Å². The van der Waals surface area contributed by atoms with Crippen LogP contribution in [-0.4, -0.2) is 25.0 Å². The van der Waals surface area contributed by atoms with Gasteiger partial charge in [-0.1, -0.05) is 0 Å². The topological polar surface area (TPSA) is 68.0 Å². The summed E-state index contributed by atoms with van der Waals surface area (Å²) in [6, 6.07) is 2.29. The van der Waals surface area contributed by atoms with E-state index in [0.29, 0.717) is 5.65 Å². The fraction of sp³-hybridized carbons (Fsp3) is 0.200. The molecule has 0 aromatic carbocycles. The highest BCUT2D eigenvalue weighted by atomic mass is 32.1. The molecule has 7 heteroatoms. The fourth-order valence-electron chi connectivity index (χ4n) is 1.60. The number of nitrogens with one attached hydrogen (secondary N) is 1. The van der Waals surface area contributed by atoms with Gasteiger partial charge in [0.25, 0.3) is 0 Å². The lowest BCUT2D eigenvalue weighted by Gasteiger charge is -2.13. The number of rotatable bonds is 3. The highest BCUT2D eigenvalue weighted by Gasteiger charge is 2.09. The van der Waals surface area contributed by atoms with E-state index in [-0.39, 0.29) is 6.04 Å². The monoisotopic (exact) mass is 246 g/mol. The van der Waals surface area contributed by atoms with Crippen molar-refractivity contribution in [2.24, 2.45) is 0 Å². The van der Waals surface area contributed by atoms with Gasteiger partial charge in [-0.3, -0.25) is 4.98 Å². The van der Waals surface area contributed by atoms with Crippen LogP contribution in [0.1, 0.15) is 18.5 Å². The van der Waals surface area contributed by atoms with Gasteiger partial charge in [0.1, 0.15) is 0 Å². The molecular weight excluding hydrogens is 236 g/mol. The molecule has 0 amide bonds. The molecule has 0 fully saturated rings. The van der Waals surface area contributed by atoms with E-state index in [1.54, 1.807) is 28.2 Å². The van der Waals surface area contributed by atoms with Crippen LogP contribution >= 0.6 is 11.3 Å². The maximum Gasteiger partial charge on any atom is 0.199 e. The van der Waals surface area contributed by atoms with Gasteiger partial charge in [0, 0.05) is 0 Å². The van der Waals surface area contributed by atoms with Crippen LogP contribution in [0.4, 0.5) is 5.82 Å². The van der Waals surface area contributed by atoms with E-state index in [1.807, 2.05) is 0 Å². The molecule has 3 aromatic rings. The molecule has 17 heavy (non-hydrogen) atoms. The number of hydrogen-bond acceptors (Lipinski definition) is 6. The molecule has 6 nitrogen and oxygen atoms in total. The molecule has 86 valence electrons. The lowest BCUT2D eigenvalue weighted by molar-refractivity contribution is 0.797. The minimum Gasteiger partial charge on any atom is -0.362 e. The standard InChI is InChI=1S/C10H10N6S/c1-7(8-2-3-17-6-8)12-9-4-11-5-10-13-14-15-16(9)10/h2-7,12H,1H3. The van der Waals surface area contributed by atoms with Crippen LogP contribution in [0.25, 0.3) is 5.65 Å². The Hall–Kier alpha value is -2.02. The molecule has 3 rings (SSSR count). The van der Waals surface area contributed by atoms with Crippen molar-refractivity contribution < 1.29 is 0 Å². The molecule has 0 aliphatic heterocycles. The number of hydrogen-bond donors (Lipinski definition) is 1. The Morgan fingerprint density at radius 1 is 1.41 bits per heavy atom. The predicted octanol–water partition coefficient (Wildman–Crippen LogP) is 1.75. The molecule has 0 saturated carbocycles. The molecule has 0 aliphatic carbocycles. The molecule has 0 bridgehead atoms. The number of aromatic nitrogens is 5. The van der Waals surface area contributed by atoms with E-state index in [0.717, 1.165) is 5.82 Å². The molecule has 3 heterocycles. The Balaban J connectivity index is 1.92. The minimum absolute atomic E-state index is 0.192. The molecule has 1 atom stereocenters. The Bertz CT molecular complexity index is 617. The first-order valence-electron chi connectivity index (χ1n) is 5.15. The first-order valence-corrected chi connectivity index (χ1v) is 6.09. The van der Waals surface area contributed by atoms with Crippen molar-refractivity contribution in [3.8, 4) is 0 Å². The lowest BCUT2D eigenvalue weighted by Crippen LogP contribution is -2.10. The van der Waals surface area contributed by atoms with Crippen LogP contribution in [0.2, 0.25) is 0 Å². The van der Waals surface area contributed by atoms with Crippen LogP contribution in [-0.2, 0) is 0 Å². The first kappa shape index (κ1) is 10.2. The molecular formula is C10H10N6S. The van der Waals surface area contributed by atoms with E-state index < -0.39 is 0 Å². The maximum atomic E-state index is 4.10. The molecule has 0 aliphatic rings. The Morgan fingerprint density at radius 2 is 2.35 bits per heavy atom. The lowest BCUT2D eigenvalue weighted by atomic mass is 10.2. The summed E-state index contributed by atoms with van der Waals surface area (Å²) in [5, 5.41) is 18.9. The van der Waals surface area contributed by atoms with Crippen molar-refractivity contribution in [1.82, 2.24) is 25.0 Å². The summed E-state index contributed by atoms with van der Waals surface area (Å²) in [5.41, 5.74) is 1.87. The van der Waals surface area contributed by atoms with Crippen LogP contribution in [0.5, 0.6) is 0 Å². The summed E-state index contributed by atoms with van der Waals surface area (Å²) in [6.07, 6.45) is 3.34. The maximum absolute atomic E-state index is 4.10. The zero-order chi connectivity index (χ0) is 11.7. The van der Waals surface area contributed by atoms with Gasteiger partial charge in [-0.2, -0.15) is 15.9 Å². The molecule has 0 radical (unpaired) electrons. The quantitative estimate of drug-likeness (QED) is 0.762. The second kappa shape index (κ2) is 4.10. The number of tetrazole rings is 1. The second-order valence-corrected chi connectivity index (χ2v) is 4.44. The SMILES string of the molecule is CC(Nc1cncc2nnnn12)c1ccsc1. The summed E-state index contributed by atoms with van der Waals surface area (Å²) in [4.78, 5) is 4.10. The Kier molecular flexibility index (Phi) is 2.45. The number of fused-ring (bicyclic) bond motifs is 1. The summed E-state index contributed by atoms with van der Waals surface area (Å²) in [5.74, 6) is 0.784. The number of anilines is 1. The van der Waals surface area contributed by atoms with Crippen molar-refractivity contribution in [1.29, 1.82) is 0 Å².